The van der Waals surface area contributed by atoms with Gasteiger partial charge in [0.05, 0.1) is 12.7 Å². The number of nitrogens with zero attached hydrogens (tertiary/aromatic N) is 1. The Hall–Kier alpha value is -1.06. The molecule has 1 atom stereocenters. The lowest BCUT2D eigenvalue weighted by atomic mass is 10.1. The smallest absolute Gasteiger partial charge is 0.119 e. The first-order valence-electron chi connectivity index (χ1n) is 7.34. The molecule has 0 spiro atoms. The molecular formula is C16H27NO2. The summed E-state index contributed by atoms with van der Waals surface area (Å²) in [6, 6.07) is 7.80. The van der Waals surface area contributed by atoms with Gasteiger partial charge in [-0.05, 0) is 43.6 Å². The molecule has 0 amide bonds. The lowest BCUT2D eigenvalue weighted by molar-refractivity contribution is 0.145. The minimum atomic E-state index is -0.411. The first-order chi connectivity index (χ1) is 9.21. The van der Waals surface area contributed by atoms with Crippen molar-refractivity contribution in [2.75, 3.05) is 26.2 Å². The van der Waals surface area contributed by atoms with Crippen molar-refractivity contribution in [3.8, 4) is 5.75 Å². The number of ether oxygens (including phenoxy) is 1. The van der Waals surface area contributed by atoms with Crippen molar-refractivity contribution >= 4 is 0 Å². The van der Waals surface area contributed by atoms with Crippen LogP contribution in [0.15, 0.2) is 24.3 Å². The van der Waals surface area contributed by atoms with Crippen molar-refractivity contribution in [1.82, 2.24) is 4.90 Å². The predicted molar refractivity (Wildman–Crippen MR) is 79.6 cm³/mol. The summed E-state index contributed by atoms with van der Waals surface area (Å²) in [5.74, 6) is 0.848. The molecule has 19 heavy (non-hydrogen) atoms. The number of aliphatic hydroxyl groups excluding tert-OH is 1. The molecule has 0 aromatic heterocycles. The van der Waals surface area contributed by atoms with Gasteiger partial charge in [0.15, 0.2) is 0 Å². The molecule has 3 nitrogen and oxygen atoms in total. The summed E-state index contributed by atoms with van der Waals surface area (Å²) in [6.45, 7) is 10.1. The molecule has 0 heterocycles. The van der Waals surface area contributed by atoms with Gasteiger partial charge < -0.3 is 14.7 Å². The largest absolute Gasteiger partial charge is 0.494 e. The molecule has 0 radical (unpaired) electrons. The summed E-state index contributed by atoms with van der Waals surface area (Å²) in [7, 11) is 0. The molecule has 1 aromatic carbocycles. The third kappa shape index (κ3) is 5.62. The Kier molecular flexibility index (Phi) is 7.53. The minimum absolute atomic E-state index is 0.411. The standard InChI is InChI=1S/C16H27NO2/c1-4-12-19-15-9-7-8-14(13-15)16(18)10-11-17(5-2)6-3/h7-9,13,16,18H,4-6,10-12H2,1-3H3. The maximum Gasteiger partial charge on any atom is 0.119 e. The van der Waals surface area contributed by atoms with Crippen LogP contribution in [-0.4, -0.2) is 36.2 Å². The number of hydrogen-bond acceptors (Lipinski definition) is 3. The first-order valence-corrected chi connectivity index (χ1v) is 7.34. The Balaban J connectivity index is 2.53. The van der Waals surface area contributed by atoms with Crippen LogP contribution in [0.2, 0.25) is 0 Å². The average molecular weight is 265 g/mol. The Labute approximate surface area is 117 Å². The molecule has 0 aliphatic heterocycles. The Morgan fingerprint density at radius 3 is 2.58 bits per heavy atom. The number of rotatable bonds is 9. The van der Waals surface area contributed by atoms with Crippen molar-refractivity contribution < 1.29 is 9.84 Å². The van der Waals surface area contributed by atoms with Crippen LogP contribution < -0.4 is 4.74 Å². The number of aliphatic hydroxyl groups is 1. The monoisotopic (exact) mass is 265 g/mol. The third-order valence-electron chi connectivity index (χ3n) is 3.33. The van der Waals surface area contributed by atoms with Gasteiger partial charge in [0.25, 0.3) is 0 Å². The Bertz CT molecular complexity index is 350. The van der Waals surface area contributed by atoms with E-state index in [1.807, 2.05) is 24.3 Å². The summed E-state index contributed by atoms with van der Waals surface area (Å²) in [4.78, 5) is 2.32. The van der Waals surface area contributed by atoms with Crippen LogP contribution >= 0.6 is 0 Å². The van der Waals surface area contributed by atoms with Gasteiger partial charge >= 0.3 is 0 Å². The highest BCUT2D eigenvalue weighted by molar-refractivity contribution is 5.29. The van der Waals surface area contributed by atoms with E-state index in [1.165, 1.54) is 0 Å². The van der Waals surface area contributed by atoms with E-state index < -0.39 is 6.10 Å². The number of hydrogen-bond donors (Lipinski definition) is 1. The average Bonchev–Trinajstić information content (AvgIpc) is 2.46. The second kappa shape index (κ2) is 8.94. The molecular weight excluding hydrogens is 238 g/mol. The van der Waals surface area contributed by atoms with Gasteiger partial charge in [0, 0.05) is 6.54 Å². The maximum absolute atomic E-state index is 10.2. The van der Waals surface area contributed by atoms with Crippen molar-refractivity contribution in [2.24, 2.45) is 0 Å². The molecule has 108 valence electrons. The second-order valence-corrected chi connectivity index (χ2v) is 4.75. The fourth-order valence-electron chi connectivity index (χ4n) is 2.04. The summed E-state index contributed by atoms with van der Waals surface area (Å²) in [5, 5.41) is 10.2. The van der Waals surface area contributed by atoms with Crippen LogP contribution in [0.25, 0.3) is 0 Å². The van der Waals surface area contributed by atoms with E-state index in [-0.39, 0.29) is 0 Å². The highest BCUT2D eigenvalue weighted by atomic mass is 16.5. The Morgan fingerprint density at radius 1 is 1.21 bits per heavy atom. The SMILES string of the molecule is CCCOc1cccc(C(O)CCN(CC)CC)c1. The van der Waals surface area contributed by atoms with E-state index in [0.717, 1.165) is 50.4 Å². The van der Waals surface area contributed by atoms with E-state index in [4.69, 9.17) is 4.74 Å². The minimum Gasteiger partial charge on any atom is -0.494 e. The fourth-order valence-corrected chi connectivity index (χ4v) is 2.04. The van der Waals surface area contributed by atoms with Crippen molar-refractivity contribution in [2.45, 2.75) is 39.7 Å². The lowest BCUT2D eigenvalue weighted by Crippen LogP contribution is -2.25. The van der Waals surface area contributed by atoms with Gasteiger partial charge in [-0.15, -0.1) is 0 Å². The molecule has 1 unspecified atom stereocenters. The van der Waals surface area contributed by atoms with E-state index >= 15 is 0 Å². The van der Waals surface area contributed by atoms with Crippen LogP contribution in [0.1, 0.15) is 45.3 Å². The van der Waals surface area contributed by atoms with Gasteiger partial charge in [-0.1, -0.05) is 32.9 Å². The molecule has 0 saturated carbocycles. The van der Waals surface area contributed by atoms with Gasteiger partial charge in [-0.25, -0.2) is 0 Å². The zero-order valence-electron chi connectivity index (χ0n) is 12.4. The molecule has 1 N–H and O–H groups in total. The summed E-state index contributed by atoms with van der Waals surface area (Å²) in [5.41, 5.74) is 0.945. The van der Waals surface area contributed by atoms with Crippen LogP contribution in [0.4, 0.5) is 0 Å². The van der Waals surface area contributed by atoms with Gasteiger partial charge in [-0.3, -0.25) is 0 Å². The third-order valence-corrected chi connectivity index (χ3v) is 3.33. The summed E-state index contributed by atoms with van der Waals surface area (Å²) >= 11 is 0. The van der Waals surface area contributed by atoms with Crippen LogP contribution in [-0.2, 0) is 0 Å². The topological polar surface area (TPSA) is 32.7 Å². The molecule has 0 bridgehead atoms. The summed E-state index contributed by atoms with van der Waals surface area (Å²) < 4.78 is 5.59. The van der Waals surface area contributed by atoms with E-state index in [1.54, 1.807) is 0 Å². The second-order valence-electron chi connectivity index (χ2n) is 4.75. The predicted octanol–water partition coefficient (Wildman–Crippen LogP) is 3.24. The maximum atomic E-state index is 10.2. The van der Waals surface area contributed by atoms with Crippen molar-refractivity contribution in [1.29, 1.82) is 0 Å². The first kappa shape index (κ1) is 16.0. The van der Waals surface area contributed by atoms with Crippen molar-refractivity contribution in [3.05, 3.63) is 29.8 Å². The molecule has 0 aliphatic carbocycles. The zero-order chi connectivity index (χ0) is 14.1. The van der Waals surface area contributed by atoms with Gasteiger partial charge in [-0.2, -0.15) is 0 Å². The highest BCUT2D eigenvalue weighted by Gasteiger charge is 2.10. The molecule has 0 fully saturated rings. The van der Waals surface area contributed by atoms with Crippen LogP contribution in [0.3, 0.4) is 0 Å². The zero-order valence-corrected chi connectivity index (χ0v) is 12.4. The van der Waals surface area contributed by atoms with E-state index in [0.29, 0.717) is 0 Å². The quantitative estimate of drug-likeness (QED) is 0.744. The lowest BCUT2D eigenvalue weighted by Gasteiger charge is -2.20. The fraction of sp³-hybridized carbons (Fsp3) is 0.625. The van der Waals surface area contributed by atoms with Crippen molar-refractivity contribution in [3.63, 3.8) is 0 Å². The molecule has 1 rings (SSSR count). The molecule has 0 saturated heterocycles. The van der Waals surface area contributed by atoms with Crippen LogP contribution in [0, 0.1) is 0 Å². The van der Waals surface area contributed by atoms with Gasteiger partial charge in [0.2, 0.25) is 0 Å². The van der Waals surface area contributed by atoms with Gasteiger partial charge in [0.1, 0.15) is 5.75 Å². The molecule has 3 heteroatoms. The molecule has 1 aromatic rings. The van der Waals surface area contributed by atoms with E-state index in [9.17, 15) is 5.11 Å². The summed E-state index contributed by atoms with van der Waals surface area (Å²) in [6.07, 6.45) is 1.35. The molecule has 0 aliphatic rings. The van der Waals surface area contributed by atoms with E-state index in [2.05, 4.69) is 25.7 Å². The Morgan fingerprint density at radius 2 is 1.95 bits per heavy atom. The highest BCUT2D eigenvalue weighted by Crippen LogP contribution is 2.22. The van der Waals surface area contributed by atoms with Crippen LogP contribution in [0.5, 0.6) is 5.75 Å². The number of benzene rings is 1. The normalized spacial score (nSPS) is 12.7.